The summed E-state index contributed by atoms with van der Waals surface area (Å²) in [7, 11) is 0. The third-order valence-corrected chi connectivity index (χ3v) is 3.55. The minimum Gasteiger partial charge on any atom is -0.316 e. The van der Waals surface area contributed by atoms with Crippen molar-refractivity contribution in [1.82, 2.24) is 10.6 Å². The van der Waals surface area contributed by atoms with Gasteiger partial charge in [0.1, 0.15) is 0 Å². The van der Waals surface area contributed by atoms with Gasteiger partial charge in [0.05, 0.1) is 0 Å². The van der Waals surface area contributed by atoms with E-state index in [1.54, 1.807) is 0 Å². The highest BCUT2D eigenvalue weighted by atomic mass is 15.0. The molecule has 3 rings (SSSR count). The second-order valence-corrected chi connectivity index (χ2v) is 4.79. The molecule has 1 heterocycles. The molecule has 1 aliphatic heterocycles. The van der Waals surface area contributed by atoms with Gasteiger partial charge in [-0.2, -0.15) is 0 Å². The van der Waals surface area contributed by atoms with Crippen molar-refractivity contribution in [3.8, 4) is 0 Å². The summed E-state index contributed by atoms with van der Waals surface area (Å²) >= 11 is 0. The van der Waals surface area contributed by atoms with Crippen LogP contribution >= 0.6 is 0 Å². The summed E-state index contributed by atoms with van der Waals surface area (Å²) in [6, 6.07) is 11.6. The van der Waals surface area contributed by atoms with Crippen LogP contribution in [0.15, 0.2) is 30.3 Å². The first-order valence-corrected chi connectivity index (χ1v) is 5.92. The first kappa shape index (κ1) is 9.37. The van der Waals surface area contributed by atoms with E-state index in [1.165, 1.54) is 31.6 Å². The van der Waals surface area contributed by atoms with Crippen molar-refractivity contribution >= 4 is 0 Å². The molecule has 2 N–H and O–H groups in total. The lowest BCUT2D eigenvalue weighted by atomic mass is 10.0. The lowest BCUT2D eigenvalue weighted by molar-refractivity contribution is 0.330. The Bertz CT molecular complexity index is 319. The van der Waals surface area contributed by atoms with Crippen molar-refractivity contribution in [2.75, 3.05) is 19.6 Å². The lowest BCUT2D eigenvalue weighted by Gasteiger charge is -2.27. The van der Waals surface area contributed by atoms with Gasteiger partial charge < -0.3 is 10.6 Å². The van der Waals surface area contributed by atoms with E-state index in [-0.39, 0.29) is 0 Å². The highest BCUT2D eigenvalue weighted by Crippen LogP contribution is 2.40. The first-order chi connectivity index (χ1) is 7.43. The predicted molar refractivity (Wildman–Crippen MR) is 62.0 cm³/mol. The molecule has 1 aliphatic carbocycles. The van der Waals surface area contributed by atoms with Crippen LogP contribution < -0.4 is 10.6 Å². The van der Waals surface area contributed by atoms with Crippen molar-refractivity contribution in [3.63, 3.8) is 0 Å². The molecular weight excluding hydrogens is 184 g/mol. The molecule has 1 aromatic carbocycles. The number of hydrogen-bond acceptors (Lipinski definition) is 2. The zero-order chi connectivity index (χ0) is 10.1. The molecule has 2 heteroatoms. The predicted octanol–water partition coefficient (Wildman–Crippen LogP) is 1.35. The van der Waals surface area contributed by atoms with Gasteiger partial charge in [-0.15, -0.1) is 0 Å². The van der Waals surface area contributed by atoms with Gasteiger partial charge in [-0.25, -0.2) is 0 Å². The first-order valence-electron chi connectivity index (χ1n) is 5.92. The largest absolute Gasteiger partial charge is 0.316 e. The molecule has 1 saturated heterocycles. The monoisotopic (exact) mass is 202 g/mol. The third kappa shape index (κ3) is 2.06. The van der Waals surface area contributed by atoms with E-state index < -0.39 is 0 Å². The maximum absolute atomic E-state index is 3.67. The second-order valence-electron chi connectivity index (χ2n) is 4.79. The molecule has 0 aromatic heterocycles. The highest BCUT2D eigenvalue weighted by Gasteiger charge is 2.38. The Morgan fingerprint density at radius 1 is 1.20 bits per heavy atom. The Balaban J connectivity index is 1.47. The molecule has 0 amide bonds. The molecule has 80 valence electrons. The van der Waals surface area contributed by atoms with Gasteiger partial charge in [-0.3, -0.25) is 0 Å². The summed E-state index contributed by atoms with van der Waals surface area (Å²) in [6.45, 7) is 3.60. The summed E-state index contributed by atoms with van der Waals surface area (Å²) in [5, 5.41) is 6.98. The number of rotatable bonds is 4. The van der Waals surface area contributed by atoms with E-state index in [2.05, 4.69) is 41.0 Å². The molecule has 1 unspecified atom stereocenters. The fourth-order valence-electron chi connectivity index (χ4n) is 2.30. The van der Waals surface area contributed by atoms with E-state index in [1.807, 2.05) is 0 Å². The van der Waals surface area contributed by atoms with Crippen LogP contribution in [0.4, 0.5) is 0 Å². The molecule has 0 bridgehead atoms. The Labute approximate surface area is 91.1 Å². The summed E-state index contributed by atoms with van der Waals surface area (Å²) < 4.78 is 0. The standard InChI is InChI=1S/C13H18N2/c1-2-4-11(5-3-1)12-6-13(12)15-9-10-7-14-8-10/h1-5,10,12-15H,6-9H2/t12?,13-/m0/s1. The molecule has 0 spiro atoms. The van der Waals surface area contributed by atoms with Gasteiger partial charge in [0.15, 0.2) is 0 Å². The number of hydrogen-bond donors (Lipinski definition) is 2. The van der Waals surface area contributed by atoms with E-state index in [4.69, 9.17) is 0 Å². The SMILES string of the molecule is c1ccc(C2C[C@@H]2NCC2CNC2)cc1. The average Bonchev–Trinajstić information content (AvgIpc) is 2.96. The van der Waals surface area contributed by atoms with Gasteiger partial charge in [-0.05, 0) is 17.9 Å². The van der Waals surface area contributed by atoms with Crippen molar-refractivity contribution in [1.29, 1.82) is 0 Å². The minimum absolute atomic E-state index is 0.744. The van der Waals surface area contributed by atoms with E-state index in [0.29, 0.717) is 0 Å². The summed E-state index contributed by atoms with van der Waals surface area (Å²) in [5.74, 6) is 1.65. The van der Waals surface area contributed by atoms with Gasteiger partial charge in [0.2, 0.25) is 0 Å². The number of benzene rings is 1. The molecule has 0 radical (unpaired) electrons. The van der Waals surface area contributed by atoms with Crippen LogP contribution in [0.3, 0.4) is 0 Å². The molecule has 1 saturated carbocycles. The third-order valence-electron chi connectivity index (χ3n) is 3.55. The van der Waals surface area contributed by atoms with Crippen LogP contribution in [0.5, 0.6) is 0 Å². The van der Waals surface area contributed by atoms with Gasteiger partial charge in [0.25, 0.3) is 0 Å². The molecular formula is C13H18N2. The Hall–Kier alpha value is -0.860. The Morgan fingerprint density at radius 2 is 2.00 bits per heavy atom. The zero-order valence-electron chi connectivity index (χ0n) is 8.95. The second kappa shape index (κ2) is 3.95. The lowest BCUT2D eigenvalue weighted by Crippen LogP contribution is -2.47. The molecule has 15 heavy (non-hydrogen) atoms. The van der Waals surface area contributed by atoms with E-state index in [0.717, 1.165) is 17.9 Å². The average molecular weight is 202 g/mol. The quantitative estimate of drug-likeness (QED) is 0.770. The zero-order valence-corrected chi connectivity index (χ0v) is 8.95. The van der Waals surface area contributed by atoms with Gasteiger partial charge in [0, 0.05) is 31.6 Å². The molecule has 2 aliphatic rings. The van der Waals surface area contributed by atoms with Crippen molar-refractivity contribution < 1.29 is 0 Å². The van der Waals surface area contributed by atoms with Crippen LogP contribution in [-0.4, -0.2) is 25.7 Å². The number of nitrogens with one attached hydrogen (secondary N) is 2. The molecule has 2 fully saturated rings. The van der Waals surface area contributed by atoms with E-state index in [9.17, 15) is 0 Å². The fourth-order valence-corrected chi connectivity index (χ4v) is 2.30. The molecule has 2 nitrogen and oxygen atoms in total. The summed E-state index contributed by atoms with van der Waals surface area (Å²) in [6.07, 6.45) is 1.32. The topological polar surface area (TPSA) is 24.1 Å². The van der Waals surface area contributed by atoms with Crippen LogP contribution in [0.2, 0.25) is 0 Å². The van der Waals surface area contributed by atoms with Gasteiger partial charge in [-0.1, -0.05) is 30.3 Å². The van der Waals surface area contributed by atoms with Crippen molar-refractivity contribution in [2.24, 2.45) is 5.92 Å². The van der Waals surface area contributed by atoms with Crippen LogP contribution in [0, 0.1) is 5.92 Å². The van der Waals surface area contributed by atoms with Crippen molar-refractivity contribution in [2.45, 2.75) is 18.4 Å². The Morgan fingerprint density at radius 3 is 2.67 bits per heavy atom. The smallest absolute Gasteiger partial charge is 0.0143 e. The maximum atomic E-state index is 3.67. The van der Waals surface area contributed by atoms with Crippen LogP contribution in [0.25, 0.3) is 0 Å². The highest BCUT2D eigenvalue weighted by molar-refractivity contribution is 5.27. The Kier molecular flexibility index (Phi) is 2.47. The normalized spacial score (nSPS) is 29.9. The maximum Gasteiger partial charge on any atom is 0.0143 e. The van der Waals surface area contributed by atoms with E-state index >= 15 is 0 Å². The molecule has 1 aromatic rings. The van der Waals surface area contributed by atoms with Crippen LogP contribution in [-0.2, 0) is 0 Å². The summed E-state index contributed by atoms with van der Waals surface area (Å²) in [4.78, 5) is 0. The molecule has 2 atom stereocenters. The summed E-state index contributed by atoms with van der Waals surface area (Å²) in [5.41, 5.74) is 1.50. The van der Waals surface area contributed by atoms with Crippen molar-refractivity contribution in [3.05, 3.63) is 35.9 Å². The minimum atomic E-state index is 0.744. The van der Waals surface area contributed by atoms with Crippen LogP contribution in [0.1, 0.15) is 17.9 Å². The van der Waals surface area contributed by atoms with Gasteiger partial charge >= 0.3 is 0 Å². The fraction of sp³-hybridized carbons (Fsp3) is 0.538.